The lowest BCUT2D eigenvalue weighted by Crippen LogP contribution is -2.27. The number of thioether (sulfide) groups is 1. The Morgan fingerprint density at radius 1 is 1.06 bits per heavy atom. The Labute approximate surface area is 189 Å². The van der Waals surface area contributed by atoms with Gasteiger partial charge in [-0.1, -0.05) is 23.9 Å². The Morgan fingerprint density at radius 2 is 1.88 bits per heavy atom. The predicted molar refractivity (Wildman–Crippen MR) is 123 cm³/mol. The molecule has 164 valence electrons. The number of imidazole rings is 1. The van der Waals surface area contributed by atoms with Crippen LogP contribution >= 0.6 is 11.8 Å². The van der Waals surface area contributed by atoms with Crippen molar-refractivity contribution in [2.24, 2.45) is 0 Å². The molecule has 0 saturated carbocycles. The minimum atomic E-state index is -0.172. The quantitative estimate of drug-likeness (QED) is 0.378. The fraction of sp³-hybridized carbons (Fsp3) is 0.174. The summed E-state index contributed by atoms with van der Waals surface area (Å²) in [5.41, 5.74) is 2.28. The molecule has 4 aromatic rings. The molecule has 0 aliphatic carbocycles. The Morgan fingerprint density at radius 3 is 2.62 bits per heavy atom. The summed E-state index contributed by atoms with van der Waals surface area (Å²) in [5.74, 6) is 1.22. The summed E-state index contributed by atoms with van der Waals surface area (Å²) in [6, 6.07) is 18.3. The SMILES string of the molecule is COc1ccc(NC(=O)CSc2nc3ccccc3n2CC(=O)NCc2ccco2)cc1. The Hall–Kier alpha value is -3.72. The van der Waals surface area contributed by atoms with Crippen LogP contribution in [-0.2, 0) is 22.7 Å². The lowest BCUT2D eigenvalue weighted by Gasteiger charge is -2.10. The Kier molecular flexibility index (Phi) is 6.76. The molecule has 2 aromatic carbocycles. The third-order valence-corrected chi connectivity index (χ3v) is 5.64. The number of ether oxygens (including phenoxy) is 1. The molecule has 0 saturated heterocycles. The number of amides is 2. The van der Waals surface area contributed by atoms with Gasteiger partial charge in [0.2, 0.25) is 11.8 Å². The van der Waals surface area contributed by atoms with Crippen molar-refractivity contribution in [2.75, 3.05) is 18.2 Å². The third kappa shape index (κ3) is 5.30. The zero-order valence-corrected chi connectivity index (χ0v) is 18.2. The maximum absolute atomic E-state index is 12.5. The number of nitrogens with one attached hydrogen (secondary N) is 2. The van der Waals surface area contributed by atoms with Gasteiger partial charge in [-0.05, 0) is 48.5 Å². The second-order valence-electron chi connectivity index (χ2n) is 6.89. The number of hydrogen-bond acceptors (Lipinski definition) is 6. The van der Waals surface area contributed by atoms with Crippen molar-refractivity contribution in [3.8, 4) is 5.75 Å². The maximum Gasteiger partial charge on any atom is 0.240 e. The first-order valence-corrected chi connectivity index (χ1v) is 10.9. The first-order chi connectivity index (χ1) is 15.6. The number of para-hydroxylation sites is 2. The number of carbonyl (C=O) groups is 2. The second kappa shape index (κ2) is 10.1. The van der Waals surface area contributed by atoms with Crippen LogP contribution in [0, 0.1) is 0 Å². The van der Waals surface area contributed by atoms with Crippen molar-refractivity contribution in [2.45, 2.75) is 18.2 Å². The molecule has 4 rings (SSSR count). The van der Waals surface area contributed by atoms with E-state index < -0.39 is 0 Å². The average molecular weight is 451 g/mol. The first-order valence-electron chi connectivity index (χ1n) is 9.93. The molecule has 0 spiro atoms. The lowest BCUT2D eigenvalue weighted by atomic mass is 10.3. The Balaban J connectivity index is 1.42. The van der Waals surface area contributed by atoms with E-state index in [9.17, 15) is 9.59 Å². The fourth-order valence-electron chi connectivity index (χ4n) is 3.12. The van der Waals surface area contributed by atoms with Crippen molar-refractivity contribution in [3.63, 3.8) is 0 Å². The molecule has 2 amide bonds. The van der Waals surface area contributed by atoms with Gasteiger partial charge in [0.15, 0.2) is 5.16 Å². The third-order valence-electron chi connectivity index (χ3n) is 4.67. The molecule has 0 aliphatic heterocycles. The number of rotatable bonds is 9. The number of nitrogens with zero attached hydrogens (tertiary/aromatic N) is 2. The van der Waals surface area contributed by atoms with Crippen LogP contribution in [0.4, 0.5) is 5.69 Å². The number of furan rings is 1. The van der Waals surface area contributed by atoms with Crippen molar-refractivity contribution in [1.29, 1.82) is 0 Å². The van der Waals surface area contributed by atoms with Gasteiger partial charge in [0.05, 0.1) is 36.7 Å². The Bertz CT molecular complexity index is 1200. The van der Waals surface area contributed by atoms with Crippen LogP contribution in [-0.4, -0.2) is 34.2 Å². The van der Waals surface area contributed by atoms with E-state index in [1.807, 2.05) is 28.8 Å². The molecule has 2 N–H and O–H groups in total. The van der Waals surface area contributed by atoms with E-state index in [1.165, 1.54) is 11.8 Å². The van der Waals surface area contributed by atoms with Gasteiger partial charge in [-0.15, -0.1) is 0 Å². The van der Waals surface area contributed by atoms with Crippen molar-refractivity contribution in [3.05, 3.63) is 72.7 Å². The van der Waals surface area contributed by atoms with Gasteiger partial charge in [0.25, 0.3) is 0 Å². The highest BCUT2D eigenvalue weighted by Crippen LogP contribution is 2.24. The van der Waals surface area contributed by atoms with Crippen molar-refractivity contribution in [1.82, 2.24) is 14.9 Å². The van der Waals surface area contributed by atoms with E-state index in [0.29, 0.717) is 23.1 Å². The second-order valence-corrected chi connectivity index (χ2v) is 7.83. The van der Waals surface area contributed by atoms with Crippen LogP contribution in [0.3, 0.4) is 0 Å². The van der Waals surface area contributed by atoms with E-state index >= 15 is 0 Å². The van der Waals surface area contributed by atoms with Gasteiger partial charge >= 0.3 is 0 Å². The molecule has 8 nitrogen and oxygen atoms in total. The number of anilines is 1. The van der Waals surface area contributed by atoms with Crippen molar-refractivity contribution >= 4 is 40.3 Å². The summed E-state index contributed by atoms with van der Waals surface area (Å²) in [6.07, 6.45) is 1.57. The molecule has 0 bridgehead atoms. The van der Waals surface area contributed by atoms with Crippen LogP contribution in [0.2, 0.25) is 0 Å². The standard InChI is InChI=1S/C23H22N4O4S/c1-30-17-10-8-16(9-11-17)25-22(29)15-32-23-26-19-6-2-3-7-20(19)27(23)14-21(28)24-13-18-5-4-12-31-18/h2-12H,13-15H2,1H3,(H,24,28)(H,25,29). The number of carbonyl (C=O) groups excluding carboxylic acids is 2. The number of aromatic nitrogens is 2. The van der Waals surface area contributed by atoms with Gasteiger partial charge in [-0.2, -0.15) is 0 Å². The normalized spacial score (nSPS) is 10.8. The van der Waals surface area contributed by atoms with Crippen LogP contribution in [0.15, 0.2) is 76.5 Å². The minimum absolute atomic E-state index is 0.0870. The fourth-order valence-corrected chi connectivity index (χ4v) is 3.93. The summed E-state index contributed by atoms with van der Waals surface area (Å²) in [7, 11) is 1.59. The van der Waals surface area contributed by atoms with Crippen molar-refractivity contribution < 1.29 is 18.7 Å². The van der Waals surface area contributed by atoms with Gasteiger partial charge in [0, 0.05) is 5.69 Å². The number of benzene rings is 2. The highest BCUT2D eigenvalue weighted by atomic mass is 32.2. The van der Waals surface area contributed by atoms with Gasteiger partial charge in [-0.3, -0.25) is 9.59 Å². The van der Waals surface area contributed by atoms with E-state index in [-0.39, 0.29) is 24.1 Å². The lowest BCUT2D eigenvalue weighted by molar-refractivity contribution is -0.122. The zero-order chi connectivity index (χ0) is 22.3. The van der Waals surface area contributed by atoms with Crippen LogP contribution in [0.1, 0.15) is 5.76 Å². The maximum atomic E-state index is 12.5. The molecule has 0 fully saturated rings. The van der Waals surface area contributed by atoms with Gasteiger partial charge in [0.1, 0.15) is 18.1 Å². The molecule has 2 heterocycles. The summed E-state index contributed by atoms with van der Waals surface area (Å²) in [5, 5.41) is 6.29. The van der Waals surface area contributed by atoms with E-state index in [4.69, 9.17) is 9.15 Å². The summed E-state index contributed by atoms with van der Waals surface area (Å²) in [6.45, 7) is 0.398. The zero-order valence-electron chi connectivity index (χ0n) is 17.4. The smallest absolute Gasteiger partial charge is 0.240 e. The largest absolute Gasteiger partial charge is 0.497 e. The summed E-state index contributed by atoms with van der Waals surface area (Å²) >= 11 is 1.28. The average Bonchev–Trinajstić information content (AvgIpc) is 3.45. The predicted octanol–water partition coefficient (Wildman–Crippen LogP) is 3.69. The molecule has 32 heavy (non-hydrogen) atoms. The van der Waals surface area contributed by atoms with Crippen LogP contribution in [0.5, 0.6) is 5.75 Å². The molecular weight excluding hydrogens is 428 g/mol. The summed E-state index contributed by atoms with van der Waals surface area (Å²) in [4.78, 5) is 29.6. The molecule has 0 atom stereocenters. The van der Waals surface area contributed by atoms with E-state index in [2.05, 4.69) is 15.6 Å². The van der Waals surface area contributed by atoms with E-state index in [1.54, 1.807) is 49.8 Å². The topological polar surface area (TPSA) is 98.4 Å². The number of methoxy groups -OCH3 is 1. The highest BCUT2D eigenvalue weighted by Gasteiger charge is 2.16. The van der Waals surface area contributed by atoms with Gasteiger partial charge < -0.3 is 24.4 Å². The van der Waals surface area contributed by atoms with E-state index in [0.717, 1.165) is 16.8 Å². The molecule has 0 radical (unpaired) electrons. The first kappa shape index (κ1) is 21.5. The van der Waals surface area contributed by atoms with Crippen LogP contribution < -0.4 is 15.4 Å². The molecule has 0 unspecified atom stereocenters. The molecule has 2 aromatic heterocycles. The molecular formula is C23H22N4O4S. The molecule has 0 aliphatic rings. The minimum Gasteiger partial charge on any atom is -0.497 e. The highest BCUT2D eigenvalue weighted by molar-refractivity contribution is 7.99. The molecule has 9 heteroatoms. The number of hydrogen-bond donors (Lipinski definition) is 2. The summed E-state index contributed by atoms with van der Waals surface area (Å²) < 4.78 is 12.2. The van der Waals surface area contributed by atoms with Gasteiger partial charge in [-0.25, -0.2) is 4.98 Å². The number of fused-ring (bicyclic) bond motifs is 1. The monoisotopic (exact) mass is 450 g/mol. The van der Waals surface area contributed by atoms with Crippen LogP contribution in [0.25, 0.3) is 11.0 Å².